The van der Waals surface area contributed by atoms with Crippen molar-refractivity contribution in [3.8, 4) is 22.3 Å². The van der Waals surface area contributed by atoms with Gasteiger partial charge in [0.15, 0.2) is 10.8 Å². The summed E-state index contributed by atoms with van der Waals surface area (Å²) in [6.45, 7) is 4.20. The first-order valence-corrected chi connectivity index (χ1v) is 8.06. The van der Waals surface area contributed by atoms with Crippen LogP contribution in [0.4, 0.5) is 5.82 Å². The van der Waals surface area contributed by atoms with Crippen LogP contribution in [0.1, 0.15) is 25.5 Å². The first-order valence-electron chi connectivity index (χ1n) is 7.18. The molecule has 3 aromatic rings. The molecule has 1 aromatic carbocycles. The van der Waals surface area contributed by atoms with Crippen LogP contribution >= 0.6 is 11.3 Å². The summed E-state index contributed by atoms with van der Waals surface area (Å²) in [5, 5.41) is 3.46. The molecule has 23 heavy (non-hydrogen) atoms. The van der Waals surface area contributed by atoms with E-state index in [0.29, 0.717) is 40.0 Å². The van der Waals surface area contributed by atoms with E-state index in [2.05, 4.69) is 28.8 Å². The van der Waals surface area contributed by atoms with Gasteiger partial charge in [0.25, 0.3) is 0 Å². The SMILES string of the molecule is COc1cc(OC)c2c(N)nc(-c3nc(C(C)C)cs3)nc2c1. The van der Waals surface area contributed by atoms with Crippen LogP contribution in [-0.2, 0) is 0 Å². The van der Waals surface area contributed by atoms with Crippen LogP contribution in [0.5, 0.6) is 11.5 Å². The van der Waals surface area contributed by atoms with Crippen LogP contribution in [-0.4, -0.2) is 29.2 Å². The third-order valence-electron chi connectivity index (χ3n) is 3.52. The fourth-order valence-electron chi connectivity index (χ4n) is 2.26. The predicted octanol–water partition coefficient (Wildman–Crippen LogP) is 3.48. The molecule has 3 rings (SSSR count). The van der Waals surface area contributed by atoms with Gasteiger partial charge in [-0.25, -0.2) is 15.0 Å². The van der Waals surface area contributed by atoms with Crippen molar-refractivity contribution < 1.29 is 9.47 Å². The molecule has 0 fully saturated rings. The van der Waals surface area contributed by atoms with Gasteiger partial charge in [0.1, 0.15) is 17.3 Å². The van der Waals surface area contributed by atoms with E-state index < -0.39 is 0 Å². The number of aromatic nitrogens is 3. The number of methoxy groups -OCH3 is 2. The van der Waals surface area contributed by atoms with E-state index in [1.165, 1.54) is 11.3 Å². The molecule has 120 valence electrons. The zero-order valence-electron chi connectivity index (χ0n) is 13.5. The number of thiazole rings is 1. The van der Waals surface area contributed by atoms with Gasteiger partial charge in [-0.2, -0.15) is 0 Å². The summed E-state index contributed by atoms with van der Waals surface area (Å²) in [6.07, 6.45) is 0. The highest BCUT2D eigenvalue weighted by atomic mass is 32.1. The molecule has 0 amide bonds. The first-order chi connectivity index (χ1) is 11.0. The van der Waals surface area contributed by atoms with E-state index in [1.807, 2.05) is 11.4 Å². The third-order valence-corrected chi connectivity index (χ3v) is 4.38. The highest BCUT2D eigenvalue weighted by Crippen LogP contribution is 2.35. The Bertz CT molecular complexity index is 861. The zero-order valence-corrected chi connectivity index (χ0v) is 14.3. The topological polar surface area (TPSA) is 83.2 Å². The smallest absolute Gasteiger partial charge is 0.191 e. The summed E-state index contributed by atoms with van der Waals surface area (Å²) in [5.74, 6) is 2.48. The lowest BCUT2D eigenvalue weighted by Crippen LogP contribution is -2.00. The van der Waals surface area contributed by atoms with Crippen LogP contribution < -0.4 is 15.2 Å². The van der Waals surface area contributed by atoms with Gasteiger partial charge < -0.3 is 15.2 Å². The summed E-state index contributed by atoms with van der Waals surface area (Å²) in [6, 6.07) is 3.58. The average molecular weight is 330 g/mol. The second-order valence-electron chi connectivity index (χ2n) is 5.39. The van der Waals surface area contributed by atoms with Crippen molar-refractivity contribution >= 4 is 28.1 Å². The number of nitrogen functional groups attached to an aromatic ring is 1. The van der Waals surface area contributed by atoms with Crippen molar-refractivity contribution in [1.29, 1.82) is 0 Å². The van der Waals surface area contributed by atoms with Crippen LogP contribution in [0.2, 0.25) is 0 Å². The van der Waals surface area contributed by atoms with Crippen molar-refractivity contribution in [2.24, 2.45) is 0 Å². The fourth-order valence-corrected chi connectivity index (χ4v) is 3.17. The minimum absolute atomic E-state index is 0.359. The summed E-state index contributed by atoms with van der Waals surface area (Å²) in [5.41, 5.74) is 7.83. The predicted molar refractivity (Wildman–Crippen MR) is 92.3 cm³/mol. The molecular formula is C16H18N4O2S. The van der Waals surface area contributed by atoms with Gasteiger partial charge in [0.2, 0.25) is 0 Å². The minimum atomic E-state index is 0.359. The molecule has 2 aromatic heterocycles. The number of hydrogen-bond donors (Lipinski definition) is 1. The van der Waals surface area contributed by atoms with Gasteiger partial charge in [-0.15, -0.1) is 11.3 Å². The Morgan fingerprint density at radius 2 is 1.87 bits per heavy atom. The molecule has 0 saturated carbocycles. The fraction of sp³-hybridized carbons (Fsp3) is 0.312. The zero-order chi connectivity index (χ0) is 16.6. The maximum atomic E-state index is 6.13. The van der Waals surface area contributed by atoms with Crippen LogP contribution in [0.15, 0.2) is 17.5 Å². The van der Waals surface area contributed by atoms with E-state index in [-0.39, 0.29) is 0 Å². The molecule has 0 aliphatic rings. The van der Waals surface area contributed by atoms with E-state index in [0.717, 1.165) is 10.7 Å². The lowest BCUT2D eigenvalue weighted by molar-refractivity contribution is 0.398. The molecule has 0 radical (unpaired) electrons. The average Bonchev–Trinajstić information content (AvgIpc) is 3.03. The van der Waals surface area contributed by atoms with Crippen molar-refractivity contribution in [3.63, 3.8) is 0 Å². The first kappa shape index (κ1) is 15.5. The number of hydrogen-bond acceptors (Lipinski definition) is 7. The molecular weight excluding hydrogens is 312 g/mol. The number of fused-ring (bicyclic) bond motifs is 1. The van der Waals surface area contributed by atoms with E-state index in [9.17, 15) is 0 Å². The van der Waals surface area contributed by atoms with Crippen molar-refractivity contribution in [2.45, 2.75) is 19.8 Å². The summed E-state index contributed by atoms with van der Waals surface area (Å²) < 4.78 is 10.7. The number of benzene rings is 1. The molecule has 0 bridgehead atoms. The van der Waals surface area contributed by atoms with Crippen molar-refractivity contribution in [3.05, 3.63) is 23.2 Å². The molecule has 0 saturated heterocycles. The monoisotopic (exact) mass is 330 g/mol. The lowest BCUT2D eigenvalue weighted by Gasteiger charge is -2.10. The van der Waals surface area contributed by atoms with Gasteiger partial charge in [0, 0.05) is 17.5 Å². The van der Waals surface area contributed by atoms with E-state index in [1.54, 1.807) is 20.3 Å². The lowest BCUT2D eigenvalue weighted by atomic mass is 10.2. The molecule has 2 heterocycles. The Balaban J connectivity index is 2.19. The summed E-state index contributed by atoms with van der Waals surface area (Å²) in [4.78, 5) is 13.6. The quantitative estimate of drug-likeness (QED) is 0.788. The van der Waals surface area contributed by atoms with E-state index in [4.69, 9.17) is 15.2 Å². The molecule has 6 nitrogen and oxygen atoms in total. The van der Waals surface area contributed by atoms with Gasteiger partial charge in [-0.3, -0.25) is 0 Å². The normalized spacial score (nSPS) is 11.2. The molecule has 2 N–H and O–H groups in total. The highest BCUT2D eigenvalue weighted by Gasteiger charge is 2.16. The van der Waals surface area contributed by atoms with Gasteiger partial charge in [0.05, 0.1) is 30.8 Å². The van der Waals surface area contributed by atoms with Gasteiger partial charge >= 0.3 is 0 Å². The minimum Gasteiger partial charge on any atom is -0.497 e. The Morgan fingerprint density at radius 3 is 2.48 bits per heavy atom. The summed E-state index contributed by atoms with van der Waals surface area (Å²) >= 11 is 1.51. The highest BCUT2D eigenvalue weighted by molar-refractivity contribution is 7.13. The molecule has 0 atom stereocenters. The molecule has 7 heteroatoms. The third kappa shape index (κ3) is 2.79. The summed E-state index contributed by atoms with van der Waals surface area (Å²) in [7, 11) is 3.18. The Labute approximate surface area is 138 Å². The van der Waals surface area contributed by atoms with Gasteiger partial charge in [-0.05, 0) is 5.92 Å². The second kappa shape index (κ2) is 6.00. The molecule has 0 aliphatic carbocycles. The number of rotatable bonds is 4. The molecule has 0 aliphatic heterocycles. The largest absolute Gasteiger partial charge is 0.497 e. The van der Waals surface area contributed by atoms with Gasteiger partial charge in [-0.1, -0.05) is 13.8 Å². The van der Waals surface area contributed by atoms with Crippen LogP contribution in [0.25, 0.3) is 21.7 Å². The van der Waals surface area contributed by atoms with Crippen molar-refractivity contribution in [1.82, 2.24) is 15.0 Å². The number of nitrogens with zero attached hydrogens (tertiary/aromatic N) is 3. The van der Waals surface area contributed by atoms with Crippen LogP contribution in [0.3, 0.4) is 0 Å². The molecule has 0 unspecified atom stereocenters. The second-order valence-corrected chi connectivity index (χ2v) is 6.25. The van der Waals surface area contributed by atoms with Crippen molar-refractivity contribution in [2.75, 3.05) is 20.0 Å². The number of ether oxygens (including phenoxy) is 2. The Morgan fingerprint density at radius 1 is 1.09 bits per heavy atom. The van der Waals surface area contributed by atoms with Crippen LogP contribution in [0, 0.1) is 0 Å². The standard InChI is InChI=1S/C16H18N4O2S/c1-8(2)11-7-23-16(19-11)15-18-10-5-9(21-3)6-12(22-4)13(10)14(17)20-15/h5-8H,1-4H3,(H2,17,18,20). The number of anilines is 1. The van der Waals surface area contributed by atoms with E-state index >= 15 is 0 Å². The maximum absolute atomic E-state index is 6.13. The Hall–Kier alpha value is -2.41. The molecule has 0 spiro atoms. The maximum Gasteiger partial charge on any atom is 0.191 e. The Kier molecular flexibility index (Phi) is 4.04. The number of nitrogens with two attached hydrogens (primary N) is 1.